The molecule has 1 saturated carbocycles. The number of rotatable bonds is 3. The molecule has 1 aromatic carbocycles. The van der Waals surface area contributed by atoms with Gasteiger partial charge in [-0.3, -0.25) is 9.59 Å². The maximum atomic E-state index is 12.0. The molecule has 2 aliphatic carbocycles. The van der Waals surface area contributed by atoms with Crippen LogP contribution in [-0.4, -0.2) is 22.6 Å². The molecule has 3 rings (SSSR count). The van der Waals surface area contributed by atoms with E-state index in [1.807, 2.05) is 49.4 Å². The molecule has 3 N–H and O–H groups in total. The average molecular weight is 359 g/mol. The van der Waals surface area contributed by atoms with E-state index in [2.05, 4.69) is 0 Å². The normalized spacial score (nSPS) is 27.4. The largest absolute Gasteiger partial charge is 0.481 e. The Morgan fingerprint density at radius 2 is 1.65 bits per heavy atom. The third-order valence-electron chi connectivity index (χ3n) is 4.75. The summed E-state index contributed by atoms with van der Waals surface area (Å²) in [6.45, 7) is 7.37. The second kappa shape index (κ2) is 8.04. The van der Waals surface area contributed by atoms with E-state index in [9.17, 15) is 14.7 Å². The highest BCUT2D eigenvalue weighted by Crippen LogP contribution is 2.48. The lowest BCUT2D eigenvalue weighted by Gasteiger charge is -2.27. The Labute approximate surface area is 155 Å². The van der Waals surface area contributed by atoms with Crippen LogP contribution in [0, 0.1) is 23.7 Å². The molecule has 2 unspecified atom stereocenters. The van der Waals surface area contributed by atoms with Crippen LogP contribution >= 0.6 is 0 Å². The zero-order valence-electron chi connectivity index (χ0n) is 15.9. The summed E-state index contributed by atoms with van der Waals surface area (Å²) in [6, 6.07) is 10.2. The van der Waals surface area contributed by atoms with Crippen LogP contribution in [0.4, 0.5) is 0 Å². The molecule has 0 amide bonds. The molecule has 0 heterocycles. The lowest BCUT2D eigenvalue weighted by atomic mass is 9.83. The van der Waals surface area contributed by atoms with Gasteiger partial charge in [-0.05, 0) is 51.5 Å². The van der Waals surface area contributed by atoms with Crippen molar-refractivity contribution in [2.24, 2.45) is 29.4 Å². The van der Waals surface area contributed by atoms with E-state index >= 15 is 0 Å². The summed E-state index contributed by atoms with van der Waals surface area (Å²) in [5, 5.41) is 9.21. The van der Waals surface area contributed by atoms with Gasteiger partial charge in [-0.15, -0.1) is 0 Å². The maximum Gasteiger partial charge on any atom is 0.310 e. The van der Waals surface area contributed by atoms with E-state index in [0.717, 1.165) is 6.42 Å². The number of fused-ring (bicyclic) bond motifs is 2. The molecular weight excluding hydrogens is 330 g/mol. The highest BCUT2D eigenvalue weighted by atomic mass is 16.6. The Bertz CT molecular complexity index is 660. The van der Waals surface area contributed by atoms with Crippen molar-refractivity contribution in [2.45, 2.75) is 45.8 Å². The molecule has 5 nitrogen and oxygen atoms in total. The van der Waals surface area contributed by atoms with Gasteiger partial charge >= 0.3 is 11.9 Å². The number of esters is 1. The van der Waals surface area contributed by atoms with Gasteiger partial charge in [0.15, 0.2) is 0 Å². The van der Waals surface area contributed by atoms with Crippen molar-refractivity contribution in [3.8, 4) is 0 Å². The van der Waals surface area contributed by atoms with E-state index < -0.39 is 23.4 Å². The summed E-state index contributed by atoms with van der Waals surface area (Å²) in [5.74, 6) is -2.35. The number of hydrogen-bond donors (Lipinski definition) is 2. The summed E-state index contributed by atoms with van der Waals surface area (Å²) >= 11 is 0. The maximum absolute atomic E-state index is 12.0. The predicted octanol–water partition coefficient (Wildman–Crippen LogP) is 3.56. The first-order valence-electron chi connectivity index (χ1n) is 9.04. The smallest absolute Gasteiger partial charge is 0.310 e. The van der Waals surface area contributed by atoms with Crippen LogP contribution in [0.15, 0.2) is 42.5 Å². The van der Waals surface area contributed by atoms with Gasteiger partial charge in [-0.2, -0.15) is 0 Å². The van der Waals surface area contributed by atoms with Crippen molar-refractivity contribution >= 4 is 11.9 Å². The topological polar surface area (TPSA) is 89.6 Å². The number of nitrogens with two attached hydrogens (primary N) is 1. The van der Waals surface area contributed by atoms with Gasteiger partial charge in [0.05, 0.1) is 11.8 Å². The van der Waals surface area contributed by atoms with Gasteiger partial charge in [-0.25, -0.2) is 0 Å². The number of carboxylic acid groups (broad SMARTS) is 1. The minimum atomic E-state index is -0.891. The molecule has 5 atom stereocenters. The molecule has 2 aliphatic rings. The van der Waals surface area contributed by atoms with Crippen molar-refractivity contribution in [2.75, 3.05) is 0 Å². The molecular formula is C21H29NO4. The molecule has 0 saturated heterocycles. The van der Waals surface area contributed by atoms with Gasteiger partial charge in [0.1, 0.15) is 5.60 Å². The van der Waals surface area contributed by atoms with Crippen LogP contribution in [0.1, 0.15) is 45.7 Å². The van der Waals surface area contributed by atoms with Crippen LogP contribution in [0.5, 0.6) is 0 Å². The number of carbonyl (C=O) groups excluding carboxylic acids is 1. The molecule has 0 radical (unpaired) electrons. The number of carbonyl (C=O) groups is 2. The summed E-state index contributed by atoms with van der Waals surface area (Å²) in [4.78, 5) is 23.3. The van der Waals surface area contributed by atoms with Crippen molar-refractivity contribution in [3.63, 3.8) is 0 Å². The van der Waals surface area contributed by atoms with Crippen molar-refractivity contribution in [1.29, 1.82) is 0 Å². The Morgan fingerprint density at radius 3 is 2.08 bits per heavy atom. The fourth-order valence-electron chi connectivity index (χ4n) is 3.61. The van der Waals surface area contributed by atoms with Crippen molar-refractivity contribution in [3.05, 3.63) is 48.0 Å². The summed E-state index contributed by atoms with van der Waals surface area (Å²) < 4.78 is 5.32. The summed E-state index contributed by atoms with van der Waals surface area (Å²) in [6.07, 6.45) is 4.64. The van der Waals surface area contributed by atoms with E-state index in [4.69, 9.17) is 10.5 Å². The molecule has 1 aromatic rings. The number of hydrogen-bond acceptors (Lipinski definition) is 4. The van der Waals surface area contributed by atoms with E-state index in [-0.39, 0.29) is 23.8 Å². The highest BCUT2D eigenvalue weighted by Gasteiger charge is 2.52. The van der Waals surface area contributed by atoms with E-state index in [1.54, 1.807) is 20.8 Å². The molecule has 142 valence electrons. The Morgan fingerprint density at radius 1 is 1.12 bits per heavy atom. The third-order valence-corrected chi connectivity index (χ3v) is 4.75. The van der Waals surface area contributed by atoms with E-state index in [1.165, 1.54) is 5.56 Å². The Balaban J connectivity index is 0.000000228. The van der Waals surface area contributed by atoms with Crippen LogP contribution < -0.4 is 5.73 Å². The second-order valence-corrected chi connectivity index (χ2v) is 8.07. The Kier molecular flexibility index (Phi) is 6.24. The van der Waals surface area contributed by atoms with Gasteiger partial charge < -0.3 is 15.6 Å². The minimum absolute atomic E-state index is 0.00461. The fourth-order valence-corrected chi connectivity index (χ4v) is 3.61. The standard InChI is InChI=1S/C13H18O4.C8H11N/c1-13(2,3)17-12(16)10-8-5-4-7(6-8)9(10)11(14)15;1-7(9)8-5-3-2-4-6-8/h4-5,7-10H,6H2,1-3H3,(H,14,15);2-7H,9H2,1H3/t7?,8?,9-,10-;7-/m11/s1. The first-order valence-corrected chi connectivity index (χ1v) is 9.04. The minimum Gasteiger partial charge on any atom is -0.481 e. The third kappa shape index (κ3) is 4.94. The quantitative estimate of drug-likeness (QED) is 0.636. The summed E-state index contributed by atoms with van der Waals surface area (Å²) in [5.41, 5.74) is 6.24. The van der Waals surface area contributed by atoms with E-state index in [0.29, 0.717) is 0 Å². The number of ether oxygens (including phenoxy) is 1. The molecule has 0 spiro atoms. The first-order chi connectivity index (χ1) is 12.1. The number of aliphatic carboxylic acids is 1. The molecule has 5 heteroatoms. The average Bonchev–Trinajstić information content (AvgIpc) is 3.15. The highest BCUT2D eigenvalue weighted by molar-refractivity contribution is 5.83. The zero-order chi connectivity index (χ0) is 19.5. The first kappa shape index (κ1) is 20.2. The SMILES string of the molecule is CC(C)(C)OC(=O)[C@@H]1C2C=CC(C2)[C@H]1C(=O)O.C[C@@H](N)c1ccccc1. The number of benzene rings is 1. The number of carboxylic acids is 1. The molecule has 2 bridgehead atoms. The van der Waals surface area contributed by atoms with Crippen LogP contribution in [0.2, 0.25) is 0 Å². The molecule has 0 aromatic heterocycles. The van der Waals surface area contributed by atoms with Crippen LogP contribution in [0.3, 0.4) is 0 Å². The predicted molar refractivity (Wildman–Crippen MR) is 100 cm³/mol. The van der Waals surface area contributed by atoms with Gasteiger partial charge in [0.25, 0.3) is 0 Å². The zero-order valence-corrected chi connectivity index (χ0v) is 15.9. The van der Waals surface area contributed by atoms with Gasteiger partial charge in [-0.1, -0.05) is 42.5 Å². The summed E-state index contributed by atoms with van der Waals surface area (Å²) in [7, 11) is 0. The lowest BCUT2D eigenvalue weighted by molar-refractivity contribution is -0.167. The Hall–Kier alpha value is -2.14. The van der Waals surface area contributed by atoms with Gasteiger partial charge in [0.2, 0.25) is 0 Å². The molecule has 0 aliphatic heterocycles. The lowest BCUT2D eigenvalue weighted by Crippen LogP contribution is -2.37. The molecule has 26 heavy (non-hydrogen) atoms. The van der Waals surface area contributed by atoms with Crippen LogP contribution in [-0.2, 0) is 14.3 Å². The van der Waals surface area contributed by atoms with Crippen LogP contribution in [0.25, 0.3) is 0 Å². The van der Waals surface area contributed by atoms with Crippen molar-refractivity contribution in [1.82, 2.24) is 0 Å². The monoisotopic (exact) mass is 359 g/mol. The molecule has 1 fully saturated rings. The fraction of sp³-hybridized carbons (Fsp3) is 0.524. The second-order valence-electron chi connectivity index (χ2n) is 8.07. The van der Waals surface area contributed by atoms with Gasteiger partial charge in [0, 0.05) is 6.04 Å². The number of allylic oxidation sites excluding steroid dienone is 2. The van der Waals surface area contributed by atoms with Crippen molar-refractivity contribution < 1.29 is 19.4 Å².